The van der Waals surface area contributed by atoms with E-state index in [9.17, 15) is 13.2 Å². The fraction of sp³-hybridized carbons (Fsp3) is 0.633. The van der Waals surface area contributed by atoms with E-state index in [1.807, 2.05) is 13.0 Å². The first-order chi connectivity index (χ1) is 17.1. The number of hydrogen-bond acceptors (Lipinski definition) is 3. The summed E-state index contributed by atoms with van der Waals surface area (Å²) in [6, 6.07) is 8.55. The number of rotatable bonds is 9. The molecular formula is C30H46N2O4S. The van der Waals surface area contributed by atoms with E-state index in [1.165, 1.54) is 43.2 Å². The van der Waals surface area contributed by atoms with Crippen LogP contribution in [-0.4, -0.2) is 30.6 Å². The Kier molecular flexibility index (Phi) is 9.01. The molecule has 1 aromatic carbocycles. The van der Waals surface area contributed by atoms with Crippen LogP contribution in [0.2, 0.25) is 0 Å². The van der Waals surface area contributed by atoms with Gasteiger partial charge in [0.1, 0.15) is 4.90 Å². The summed E-state index contributed by atoms with van der Waals surface area (Å²) in [6.45, 7) is 16.1. The maximum Gasteiger partial charge on any atom is 0.303 e. The van der Waals surface area contributed by atoms with Crippen LogP contribution in [0.4, 0.5) is 0 Å². The molecule has 1 aliphatic carbocycles. The van der Waals surface area contributed by atoms with E-state index in [1.54, 1.807) is 0 Å². The van der Waals surface area contributed by atoms with Gasteiger partial charge in [-0.25, -0.2) is 13.1 Å². The summed E-state index contributed by atoms with van der Waals surface area (Å²) in [7, 11) is -3.78. The number of carbonyl (C=O) groups is 1. The lowest BCUT2D eigenvalue weighted by Gasteiger charge is -2.27. The lowest BCUT2D eigenvalue weighted by molar-refractivity contribution is -0.137. The van der Waals surface area contributed by atoms with E-state index < -0.39 is 16.0 Å². The number of nitrogens with zero attached hydrogens (tertiary/aromatic N) is 1. The van der Waals surface area contributed by atoms with Gasteiger partial charge in [0.15, 0.2) is 0 Å². The molecular weight excluding hydrogens is 484 g/mol. The molecule has 0 radical (unpaired) electrons. The minimum absolute atomic E-state index is 0.0492. The number of carboxylic acid groups (broad SMARTS) is 1. The van der Waals surface area contributed by atoms with Crippen LogP contribution in [0.5, 0.6) is 0 Å². The van der Waals surface area contributed by atoms with E-state index in [-0.39, 0.29) is 35.1 Å². The van der Waals surface area contributed by atoms with Crippen molar-refractivity contribution in [2.75, 3.05) is 6.54 Å². The molecule has 0 atom stereocenters. The van der Waals surface area contributed by atoms with E-state index in [0.717, 1.165) is 23.5 Å². The van der Waals surface area contributed by atoms with Crippen LogP contribution in [0.1, 0.15) is 103 Å². The van der Waals surface area contributed by atoms with Crippen molar-refractivity contribution in [2.24, 2.45) is 5.92 Å². The normalized spacial score (nSPS) is 15.8. The van der Waals surface area contributed by atoms with Crippen molar-refractivity contribution >= 4 is 16.0 Å². The number of benzene rings is 1. The minimum atomic E-state index is -3.78. The van der Waals surface area contributed by atoms with Crippen molar-refractivity contribution in [2.45, 2.75) is 116 Å². The molecule has 1 aromatic heterocycles. The van der Waals surface area contributed by atoms with E-state index in [2.05, 4.69) is 69.0 Å². The zero-order valence-corrected chi connectivity index (χ0v) is 24.6. The molecule has 0 unspecified atom stereocenters. The van der Waals surface area contributed by atoms with Crippen LogP contribution in [0.15, 0.2) is 29.2 Å². The Balaban J connectivity index is 2.13. The second-order valence-corrected chi connectivity index (χ2v) is 14.5. The Morgan fingerprint density at radius 2 is 1.54 bits per heavy atom. The Hall–Kier alpha value is -2.12. The van der Waals surface area contributed by atoms with E-state index >= 15 is 0 Å². The fourth-order valence-corrected chi connectivity index (χ4v) is 6.49. The quantitative estimate of drug-likeness (QED) is 0.350. The summed E-state index contributed by atoms with van der Waals surface area (Å²) in [5.41, 5.74) is 5.08. The number of sulfonamides is 1. The molecule has 1 saturated carbocycles. The van der Waals surface area contributed by atoms with Crippen LogP contribution in [0.25, 0.3) is 11.3 Å². The van der Waals surface area contributed by atoms with E-state index in [0.29, 0.717) is 5.92 Å². The fourth-order valence-electron chi connectivity index (χ4n) is 5.16. The molecule has 0 aliphatic heterocycles. The molecule has 1 aliphatic rings. The topological polar surface area (TPSA) is 88.4 Å². The summed E-state index contributed by atoms with van der Waals surface area (Å²) in [4.78, 5) is 11.1. The van der Waals surface area contributed by atoms with Crippen molar-refractivity contribution in [1.29, 1.82) is 0 Å². The average Bonchev–Trinajstić information content (AvgIpc) is 3.13. The van der Waals surface area contributed by atoms with Gasteiger partial charge in [-0.3, -0.25) is 4.79 Å². The first-order valence-corrected chi connectivity index (χ1v) is 15.2. The molecule has 2 aromatic rings. The molecule has 0 amide bonds. The van der Waals surface area contributed by atoms with Crippen molar-refractivity contribution in [1.82, 2.24) is 9.29 Å². The lowest BCUT2D eigenvalue weighted by Crippen LogP contribution is -2.26. The average molecular weight is 531 g/mol. The number of nitrogens with one attached hydrogen (secondary N) is 1. The standard InChI is InChI=1S/C30H46N2O4S/c1-21-27(37(35,36)31-15-11-14-28(33)34)19-26(32(21)20-22-12-9-8-10-13-22)23-16-24(29(2,3)4)18-25(17-23)30(5,6)7/h16-19,22,31H,8-15,20H2,1-7H3,(H,33,34). The minimum Gasteiger partial charge on any atom is -0.481 e. The van der Waals surface area contributed by atoms with Gasteiger partial charge in [0.25, 0.3) is 0 Å². The third kappa shape index (κ3) is 7.47. The predicted molar refractivity (Wildman–Crippen MR) is 151 cm³/mol. The molecule has 7 heteroatoms. The van der Waals surface area contributed by atoms with Gasteiger partial charge in [0.2, 0.25) is 10.0 Å². The van der Waals surface area contributed by atoms with Crippen molar-refractivity contribution < 1.29 is 18.3 Å². The lowest BCUT2D eigenvalue weighted by atomic mass is 9.79. The van der Waals surface area contributed by atoms with Crippen LogP contribution < -0.4 is 4.72 Å². The van der Waals surface area contributed by atoms with Crippen molar-refractivity contribution in [3.63, 3.8) is 0 Å². The zero-order chi connectivity index (χ0) is 27.6. The molecule has 37 heavy (non-hydrogen) atoms. The van der Waals surface area contributed by atoms with Gasteiger partial charge in [0, 0.05) is 30.9 Å². The Morgan fingerprint density at radius 1 is 0.973 bits per heavy atom. The summed E-state index contributed by atoms with van der Waals surface area (Å²) in [5.74, 6) is -0.393. The Morgan fingerprint density at radius 3 is 2.05 bits per heavy atom. The molecule has 0 saturated heterocycles. The van der Waals surface area contributed by atoms with Gasteiger partial charge in [-0.2, -0.15) is 0 Å². The van der Waals surface area contributed by atoms with Gasteiger partial charge in [0.05, 0.1) is 0 Å². The molecule has 206 valence electrons. The van der Waals surface area contributed by atoms with Gasteiger partial charge >= 0.3 is 5.97 Å². The first-order valence-electron chi connectivity index (χ1n) is 13.7. The summed E-state index contributed by atoms with van der Waals surface area (Å²) in [5, 5.41) is 8.90. The number of aromatic nitrogens is 1. The number of hydrogen-bond donors (Lipinski definition) is 2. The molecule has 0 spiro atoms. The predicted octanol–water partition coefficient (Wildman–Crippen LogP) is 6.78. The largest absolute Gasteiger partial charge is 0.481 e. The monoisotopic (exact) mass is 530 g/mol. The molecule has 2 N–H and O–H groups in total. The molecule has 3 rings (SSSR count). The zero-order valence-electron chi connectivity index (χ0n) is 23.8. The van der Waals surface area contributed by atoms with Gasteiger partial charge in [-0.15, -0.1) is 0 Å². The Labute approximate surface area is 223 Å². The van der Waals surface area contributed by atoms with Crippen LogP contribution in [-0.2, 0) is 32.2 Å². The van der Waals surface area contributed by atoms with Gasteiger partial charge in [-0.1, -0.05) is 66.9 Å². The van der Waals surface area contributed by atoms with Crippen LogP contribution in [0.3, 0.4) is 0 Å². The van der Waals surface area contributed by atoms with Gasteiger partial charge < -0.3 is 9.67 Å². The highest BCUT2D eigenvalue weighted by molar-refractivity contribution is 7.89. The maximum absolute atomic E-state index is 13.4. The highest BCUT2D eigenvalue weighted by Crippen LogP contribution is 2.37. The van der Waals surface area contributed by atoms with Crippen molar-refractivity contribution in [3.05, 3.63) is 41.1 Å². The van der Waals surface area contributed by atoms with Gasteiger partial charge in [-0.05, 0) is 77.8 Å². The third-order valence-electron chi connectivity index (χ3n) is 7.60. The third-order valence-corrected chi connectivity index (χ3v) is 9.17. The molecule has 1 heterocycles. The SMILES string of the molecule is Cc1c(S(=O)(=O)NCCCC(=O)O)cc(-c2cc(C(C)(C)C)cc(C(C)(C)C)c2)n1CC1CCCCC1. The highest BCUT2D eigenvalue weighted by atomic mass is 32.2. The van der Waals surface area contributed by atoms with Crippen molar-refractivity contribution in [3.8, 4) is 11.3 Å². The van der Waals surface area contributed by atoms with Crippen LogP contribution in [0, 0.1) is 12.8 Å². The highest BCUT2D eigenvalue weighted by Gasteiger charge is 2.27. The summed E-state index contributed by atoms with van der Waals surface area (Å²) in [6.07, 6.45) is 6.26. The first kappa shape index (κ1) is 29.4. The second kappa shape index (κ2) is 11.3. The number of carboxylic acids is 1. The smallest absolute Gasteiger partial charge is 0.303 e. The van der Waals surface area contributed by atoms with Crippen LogP contribution >= 0.6 is 0 Å². The second-order valence-electron chi connectivity index (χ2n) is 12.8. The number of aliphatic carboxylic acids is 1. The summed E-state index contributed by atoms with van der Waals surface area (Å²) < 4.78 is 31.6. The Bertz CT molecular complexity index is 1180. The van der Waals surface area contributed by atoms with E-state index in [4.69, 9.17) is 5.11 Å². The molecule has 6 nitrogen and oxygen atoms in total. The summed E-state index contributed by atoms with van der Waals surface area (Å²) >= 11 is 0. The maximum atomic E-state index is 13.4. The molecule has 1 fully saturated rings. The molecule has 0 bridgehead atoms.